The van der Waals surface area contributed by atoms with Gasteiger partial charge in [-0.15, -0.1) is 10.2 Å². The molecule has 2 aromatic carbocycles. The van der Waals surface area contributed by atoms with Gasteiger partial charge in [0.15, 0.2) is 0 Å². The van der Waals surface area contributed by atoms with Gasteiger partial charge < -0.3 is 10.2 Å². The minimum atomic E-state index is 0.500. The average molecular weight is 265 g/mol. The van der Waals surface area contributed by atoms with Crippen molar-refractivity contribution >= 4 is 5.69 Å². The molecule has 0 radical (unpaired) electrons. The van der Waals surface area contributed by atoms with Crippen LogP contribution in [0.5, 0.6) is 0 Å². The van der Waals surface area contributed by atoms with E-state index in [1.54, 1.807) is 0 Å². The molecule has 1 aromatic heterocycles. The van der Waals surface area contributed by atoms with Crippen LogP contribution in [-0.2, 0) is 6.42 Å². The summed E-state index contributed by atoms with van der Waals surface area (Å²) in [7, 11) is 0. The number of hydrogen-bond acceptors (Lipinski definition) is 4. The quantitative estimate of drug-likeness (QED) is 0.735. The van der Waals surface area contributed by atoms with Crippen LogP contribution in [0.1, 0.15) is 12.5 Å². The molecule has 0 amide bonds. The van der Waals surface area contributed by atoms with Crippen molar-refractivity contribution < 1.29 is 4.42 Å². The third-order valence-corrected chi connectivity index (χ3v) is 3.19. The maximum atomic E-state index is 5.71. The third kappa shape index (κ3) is 2.40. The first-order chi connectivity index (χ1) is 9.76. The third-order valence-electron chi connectivity index (χ3n) is 3.19. The summed E-state index contributed by atoms with van der Waals surface area (Å²) in [5, 5.41) is 8.17. The molecule has 4 heteroatoms. The summed E-state index contributed by atoms with van der Waals surface area (Å²) in [4.78, 5) is 0. The minimum Gasteiger partial charge on any atom is -0.416 e. The van der Waals surface area contributed by atoms with Crippen LogP contribution in [-0.4, -0.2) is 10.2 Å². The van der Waals surface area contributed by atoms with Gasteiger partial charge in [0.1, 0.15) is 0 Å². The van der Waals surface area contributed by atoms with E-state index in [1.807, 2.05) is 36.4 Å². The van der Waals surface area contributed by atoms with E-state index in [1.165, 1.54) is 5.56 Å². The van der Waals surface area contributed by atoms with Gasteiger partial charge in [-0.2, -0.15) is 0 Å². The number of benzene rings is 2. The second kappa shape index (κ2) is 5.17. The summed E-state index contributed by atoms with van der Waals surface area (Å²) in [6.07, 6.45) is 1.01. The largest absolute Gasteiger partial charge is 0.416 e. The zero-order valence-electron chi connectivity index (χ0n) is 11.2. The Labute approximate surface area is 117 Å². The molecule has 20 heavy (non-hydrogen) atoms. The van der Waals surface area contributed by atoms with Crippen LogP contribution in [0.15, 0.2) is 52.9 Å². The van der Waals surface area contributed by atoms with Crippen LogP contribution in [0.3, 0.4) is 0 Å². The van der Waals surface area contributed by atoms with Gasteiger partial charge in [0.05, 0.1) is 0 Å². The molecule has 3 rings (SSSR count). The van der Waals surface area contributed by atoms with E-state index < -0.39 is 0 Å². The van der Waals surface area contributed by atoms with Crippen LogP contribution in [0.4, 0.5) is 5.69 Å². The lowest BCUT2D eigenvalue weighted by Gasteiger charge is -1.98. The van der Waals surface area contributed by atoms with E-state index in [9.17, 15) is 0 Å². The zero-order chi connectivity index (χ0) is 13.9. The highest BCUT2D eigenvalue weighted by Crippen LogP contribution is 2.24. The molecule has 1 heterocycles. The van der Waals surface area contributed by atoms with E-state index in [2.05, 4.69) is 29.3 Å². The molecule has 0 spiro atoms. The van der Waals surface area contributed by atoms with Crippen molar-refractivity contribution in [3.05, 3.63) is 54.1 Å². The van der Waals surface area contributed by atoms with Gasteiger partial charge >= 0.3 is 0 Å². The molecular weight excluding hydrogens is 250 g/mol. The fraction of sp³-hybridized carbons (Fsp3) is 0.125. The van der Waals surface area contributed by atoms with E-state index in [0.717, 1.165) is 17.5 Å². The van der Waals surface area contributed by atoms with Crippen molar-refractivity contribution in [3.63, 3.8) is 0 Å². The van der Waals surface area contributed by atoms with Gasteiger partial charge in [0.25, 0.3) is 0 Å². The smallest absolute Gasteiger partial charge is 0.248 e. The second-order valence-electron chi connectivity index (χ2n) is 4.58. The Balaban J connectivity index is 1.91. The fourth-order valence-electron chi connectivity index (χ4n) is 1.97. The molecule has 0 aliphatic carbocycles. The Morgan fingerprint density at radius 3 is 1.85 bits per heavy atom. The Morgan fingerprint density at radius 2 is 1.35 bits per heavy atom. The number of hydrogen-bond donors (Lipinski definition) is 1. The molecule has 0 unspecified atom stereocenters. The van der Waals surface area contributed by atoms with E-state index in [-0.39, 0.29) is 0 Å². The second-order valence-corrected chi connectivity index (χ2v) is 4.58. The van der Waals surface area contributed by atoms with Crippen molar-refractivity contribution in [1.29, 1.82) is 0 Å². The van der Waals surface area contributed by atoms with Crippen LogP contribution < -0.4 is 5.73 Å². The number of anilines is 1. The predicted octanol–water partition coefficient (Wildman–Crippen LogP) is 3.55. The van der Waals surface area contributed by atoms with E-state index in [0.29, 0.717) is 17.5 Å². The highest BCUT2D eigenvalue weighted by Gasteiger charge is 2.10. The number of nitrogens with two attached hydrogens (primary N) is 1. The average Bonchev–Trinajstić information content (AvgIpc) is 2.98. The molecule has 0 bridgehead atoms. The van der Waals surface area contributed by atoms with Crippen molar-refractivity contribution in [2.75, 3.05) is 5.73 Å². The molecule has 0 fully saturated rings. The van der Waals surface area contributed by atoms with Gasteiger partial charge in [-0.1, -0.05) is 19.1 Å². The molecule has 0 aliphatic rings. The molecule has 3 aromatic rings. The summed E-state index contributed by atoms with van der Waals surface area (Å²) in [5.41, 5.74) is 9.45. The topological polar surface area (TPSA) is 64.9 Å². The number of aryl methyl sites for hydroxylation is 1. The Bertz CT molecular complexity index is 699. The lowest BCUT2D eigenvalue weighted by atomic mass is 10.1. The van der Waals surface area contributed by atoms with Crippen molar-refractivity contribution in [3.8, 4) is 22.9 Å². The van der Waals surface area contributed by atoms with Gasteiger partial charge in [0, 0.05) is 16.8 Å². The van der Waals surface area contributed by atoms with Crippen molar-refractivity contribution in [2.24, 2.45) is 0 Å². The highest BCUT2D eigenvalue weighted by molar-refractivity contribution is 5.60. The normalized spacial score (nSPS) is 10.7. The number of rotatable bonds is 3. The predicted molar refractivity (Wildman–Crippen MR) is 79.0 cm³/mol. The molecule has 0 aliphatic heterocycles. The summed E-state index contributed by atoms with van der Waals surface area (Å²) >= 11 is 0. The van der Waals surface area contributed by atoms with Gasteiger partial charge in [-0.05, 0) is 48.4 Å². The van der Waals surface area contributed by atoms with Crippen LogP contribution in [0, 0.1) is 0 Å². The Morgan fingerprint density at radius 1 is 0.850 bits per heavy atom. The standard InChI is InChI=1S/C16H15N3O/c1-2-11-3-5-12(6-4-11)15-18-19-16(20-15)13-7-9-14(17)10-8-13/h3-10H,2,17H2,1H3. The maximum absolute atomic E-state index is 5.71. The maximum Gasteiger partial charge on any atom is 0.248 e. The number of aromatic nitrogens is 2. The lowest BCUT2D eigenvalue weighted by Crippen LogP contribution is -1.83. The van der Waals surface area contributed by atoms with Crippen LogP contribution in [0.2, 0.25) is 0 Å². The molecule has 2 N–H and O–H groups in total. The molecule has 0 saturated carbocycles. The molecule has 0 atom stereocenters. The number of nitrogens with zero attached hydrogens (tertiary/aromatic N) is 2. The van der Waals surface area contributed by atoms with Gasteiger partial charge in [-0.3, -0.25) is 0 Å². The first kappa shape index (κ1) is 12.4. The highest BCUT2D eigenvalue weighted by atomic mass is 16.4. The fourth-order valence-corrected chi connectivity index (χ4v) is 1.97. The van der Waals surface area contributed by atoms with Crippen molar-refractivity contribution in [1.82, 2.24) is 10.2 Å². The summed E-state index contributed by atoms with van der Waals surface area (Å²) < 4.78 is 5.71. The summed E-state index contributed by atoms with van der Waals surface area (Å²) in [6.45, 7) is 2.13. The van der Waals surface area contributed by atoms with Crippen LogP contribution in [0.25, 0.3) is 22.9 Å². The zero-order valence-corrected chi connectivity index (χ0v) is 11.2. The first-order valence-corrected chi connectivity index (χ1v) is 6.55. The number of nitrogen functional groups attached to an aromatic ring is 1. The van der Waals surface area contributed by atoms with E-state index in [4.69, 9.17) is 10.2 Å². The Hall–Kier alpha value is -2.62. The minimum absolute atomic E-state index is 0.500. The van der Waals surface area contributed by atoms with Crippen molar-refractivity contribution in [2.45, 2.75) is 13.3 Å². The SMILES string of the molecule is CCc1ccc(-c2nnc(-c3ccc(N)cc3)o2)cc1. The first-order valence-electron chi connectivity index (χ1n) is 6.55. The van der Waals surface area contributed by atoms with Crippen LogP contribution >= 0.6 is 0 Å². The molecule has 100 valence electrons. The lowest BCUT2D eigenvalue weighted by molar-refractivity contribution is 0.584. The summed E-state index contributed by atoms with van der Waals surface area (Å²) in [6, 6.07) is 15.5. The molecule has 0 saturated heterocycles. The summed E-state index contributed by atoms with van der Waals surface area (Å²) in [5.74, 6) is 1.03. The Kier molecular flexibility index (Phi) is 3.21. The molecule has 4 nitrogen and oxygen atoms in total. The molecular formula is C16H15N3O. The monoisotopic (exact) mass is 265 g/mol. The van der Waals surface area contributed by atoms with E-state index >= 15 is 0 Å². The van der Waals surface area contributed by atoms with Gasteiger partial charge in [-0.25, -0.2) is 0 Å². The van der Waals surface area contributed by atoms with Gasteiger partial charge in [0.2, 0.25) is 11.8 Å².